The summed E-state index contributed by atoms with van der Waals surface area (Å²) in [6.45, 7) is 8.73. The van der Waals surface area contributed by atoms with Gasteiger partial charge in [-0.15, -0.1) is 0 Å². The van der Waals surface area contributed by atoms with Crippen LogP contribution >= 0.6 is 0 Å². The van der Waals surface area contributed by atoms with E-state index < -0.39 is 0 Å². The lowest BCUT2D eigenvalue weighted by Crippen LogP contribution is -2.26. The van der Waals surface area contributed by atoms with Crippen molar-refractivity contribution in [3.63, 3.8) is 0 Å². The van der Waals surface area contributed by atoms with Crippen molar-refractivity contribution in [2.45, 2.75) is 109 Å². The van der Waals surface area contributed by atoms with Crippen molar-refractivity contribution in [3.8, 4) is 11.5 Å². The molecule has 31 heavy (non-hydrogen) atoms. The first kappa shape index (κ1) is 22.2. The molecule has 4 rings (SSSR count). The quantitative estimate of drug-likeness (QED) is 0.531. The molecule has 0 saturated heterocycles. The van der Waals surface area contributed by atoms with Crippen LogP contribution in [0.1, 0.15) is 111 Å². The van der Waals surface area contributed by atoms with Crippen molar-refractivity contribution in [1.82, 2.24) is 0 Å². The van der Waals surface area contributed by atoms with Crippen molar-refractivity contribution in [2.75, 3.05) is 0 Å². The third-order valence-corrected chi connectivity index (χ3v) is 8.34. The molecule has 0 unspecified atom stereocenters. The number of hydrogen-bond donors (Lipinski definition) is 2. The second-order valence-corrected chi connectivity index (χ2v) is 11.0. The number of aromatic hydroxyl groups is 2. The monoisotopic (exact) mass is 420 g/mol. The molecule has 2 aromatic rings. The van der Waals surface area contributed by atoms with Gasteiger partial charge in [0, 0.05) is 11.1 Å². The summed E-state index contributed by atoms with van der Waals surface area (Å²) in [7, 11) is 0. The maximum Gasteiger partial charge on any atom is 0.122 e. The maximum atomic E-state index is 10.9. The summed E-state index contributed by atoms with van der Waals surface area (Å²) in [6.07, 6.45) is 13.1. The molecule has 2 aliphatic rings. The van der Waals surface area contributed by atoms with Crippen LogP contribution in [0, 0.1) is 13.8 Å². The molecule has 0 spiro atoms. The van der Waals surface area contributed by atoms with Crippen LogP contribution in [0.25, 0.3) is 0 Å². The smallest absolute Gasteiger partial charge is 0.122 e. The van der Waals surface area contributed by atoms with Gasteiger partial charge in [-0.2, -0.15) is 0 Å². The number of phenols is 2. The lowest BCUT2D eigenvalue weighted by Gasteiger charge is -2.36. The molecule has 0 radical (unpaired) electrons. The van der Waals surface area contributed by atoms with E-state index in [0.717, 1.165) is 54.4 Å². The Morgan fingerprint density at radius 2 is 0.968 bits per heavy atom. The minimum Gasteiger partial charge on any atom is -0.507 e. The molecule has 0 amide bonds. The predicted octanol–water partition coefficient (Wildman–Crippen LogP) is 7.75. The Kier molecular flexibility index (Phi) is 6.12. The normalized spacial score (nSPS) is 20.5. The van der Waals surface area contributed by atoms with Gasteiger partial charge in [0.1, 0.15) is 11.5 Å². The molecule has 2 fully saturated rings. The first-order valence-electron chi connectivity index (χ1n) is 12.4. The van der Waals surface area contributed by atoms with Gasteiger partial charge in [0.05, 0.1) is 0 Å². The Balaban J connectivity index is 1.70. The number of benzene rings is 2. The van der Waals surface area contributed by atoms with Crippen LogP contribution in [-0.4, -0.2) is 10.2 Å². The summed E-state index contributed by atoms with van der Waals surface area (Å²) in [5.41, 5.74) is 6.92. The largest absolute Gasteiger partial charge is 0.507 e. The van der Waals surface area contributed by atoms with Crippen LogP contribution in [0.2, 0.25) is 0 Å². The van der Waals surface area contributed by atoms with Gasteiger partial charge in [0.25, 0.3) is 0 Å². The highest BCUT2D eigenvalue weighted by atomic mass is 16.3. The summed E-state index contributed by atoms with van der Waals surface area (Å²) in [5.74, 6) is 0.982. The van der Waals surface area contributed by atoms with Crippen LogP contribution < -0.4 is 0 Å². The lowest BCUT2D eigenvalue weighted by molar-refractivity contribution is 0.307. The second kappa shape index (κ2) is 8.52. The molecule has 2 heteroatoms. The molecular formula is C29H40O2. The zero-order valence-corrected chi connectivity index (χ0v) is 20.0. The molecule has 0 bridgehead atoms. The van der Waals surface area contributed by atoms with Crippen LogP contribution in [0.15, 0.2) is 24.3 Å². The molecule has 0 heterocycles. The SMILES string of the molecule is Cc1cc(Cc2cc(C)c(O)c(C3(C)CCCCC3)c2)cc(C2(C)CCCCC2)c1O. The molecule has 2 N–H and O–H groups in total. The fourth-order valence-electron chi connectivity index (χ4n) is 6.27. The second-order valence-electron chi connectivity index (χ2n) is 11.0. The van der Waals surface area contributed by atoms with E-state index in [0.29, 0.717) is 11.5 Å². The molecule has 0 aromatic heterocycles. The van der Waals surface area contributed by atoms with E-state index in [9.17, 15) is 10.2 Å². The molecule has 0 aliphatic heterocycles. The Labute approximate surface area is 188 Å². The number of hydrogen-bond acceptors (Lipinski definition) is 2. The number of aryl methyl sites for hydroxylation is 2. The van der Waals surface area contributed by atoms with Crippen molar-refractivity contribution >= 4 is 0 Å². The topological polar surface area (TPSA) is 40.5 Å². The molecular weight excluding hydrogens is 380 g/mol. The van der Waals surface area contributed by atoms with Gasteiger partial charge in [-0.25, -0.2) is 0 Å². The third-order valence-electron chi connectivity index (χ3n) is 8.34. The lowest BCUT2D eigenvalue weighted by atomic mass is 9.69. The van der Waals surface area contributed by atoms with E-state index in [1.165, 1.54) is 49.7 Å². The average Bonchev–Trinajstić information content (AvgIpc) is 2.74. The van der Waals surface area contributed by atoms with Crippen molar-refractivity contribution in [2.24, 2.45) is 0 Å². The van der Waals surface area contributed by atoms with Gasteiger partial charge in [0.2, 0.25) is 0 Å². The van der Waals surface area contributed by atoms with Gasteiger partial charge >= 0.3 is 0 Å². The molecule has 2 saturated carbocycles. The minimum atomic E-state index is 0.0781. The Morgan fingerprint density at radius 3 is 1.32 bits per heavy atom. The van der Waals surface area contributed by atoms with Gasteiger partial charge in [-0.05, 0) is 79.0 Å². The Bertz CT molecular complexity index is 866. The van der Waals surface area contributed by atoms with Crippen molar-refractivity contribution in [1.29, 1.82) is 0 Å². The molecule has 2 nitrogen and oxygen atoms in total. The highest BCUT2D eigenvalue weighted by Crippen LogP contribution is 2.46. The van der Waals surface area contributed by atoms with E-state index >= 15 is 0 Å². The fraction of sp³-hybridized carbons (Fsp3) is 0.586. The summed E-state index contributed by atoms with van der Waals surface area (Å²) in [5, 5.41) is 21.8. The first-order chi connectivity index (χ1) is 14.7. The summed E-state index contributed by atoms with van der Waals surface area (Å²) in [4.78, 5) is 0. The number of phenolic OH excluding ortho intramolecular Hbond substituents is 2. The minimum absolute atomic E-state index is 0.0781. The number of rotatable bonds is 4. The van der Waals surface area contributed by atoms with Crippen molar-refractivity contribution < 1.29 is 10.2 Å². The Morgan fingerprint density at radius 1 is 0.613 bits per heavy atom. The molecule has 168 valence electrons. The zero-order chi connectivity index (χ0) is 22.2. The van der Waals surface area contributed by atoms with Gasteiger partial charge in [0.15, 0.2) is 0 Å². The van der Waals surface area contributed by atoms with Gasteiger partial charge in [-0.3, -0.25) is 0 Å². The van der Waals surface area contributed by atoms with E-state index in [2.05, 4.69) is 38.1 Å². The average molecular weight is 421 g/mol. The third kappa shape index (κ3) is 4.36. The predicted molar refractivity (Wildman–Crippen MR) is 129 cm³/mol. The van der Waals surface area contributed by atoms with Gasteiger partial charge < -0.3 is 10.2 Å². The first-order valence-corrected chi connectivity index (χ1v) is 12.4. The molecule has 2 aliphatic carbocycles. The van der Waals surface area contributed by atoms with E-state index in [1.807, 2.05) is 13.8 Å². The maximum absolute atomic E-state index is 10.9. The summed E-state index contributed by atoms with van der Waals surface area (Å²) < 4.78 is 0. The van der Waals surface area contributed by atoms with E-state index in [4.69, 9.17) is 0 Å². The summed E-state index contributed by atoms with van der Waals surface area (Å²) in [6, 6.07) is 8.82. The van der Waals surface area contributed by atoms with Crippen LogP contribution in [-0.2, 0) is 17.3 Å². The van der Waals surface area contributed by atoms with E-state index in [1.54, 1.807) is 0 Å². The van der Waals surface area contributed by atoms with Crippen LogP contribution in [0.5, 0.6) is 11.5 Å². The standard InChI is InChI=1S/C29H40O2/c1-20-15-22(18-24(26(20)30)28(3)11-7-5-8-12-28)17-23-16-21(2)27(31)25(19-23)29(4)13-9-6-10-14-29/h15-16,18-19,30-31H,5-14,17H2,1-4H3. The highest BCUT2D eigenvalue weighted by molar-refractivity contribution is 5.51. The fourth-order valence-corrected chi connectivity index (χ4v) is 6.27. The van der Waals surface area contributed by atoms with Crippen LogP contribution in [0.3, 0.4) is 0 Å². The highest BCUT2D eigenvalue weighted by Gasteiger charge is 2.33. The molecule has 2 aromatic carbocycles. The van der Waals surface area contributed by atoms with Crippen molar-refractivity contribution in [3.05, 3.63) is 57.6 Å². The van der Waals surface area contributed by atoms with E-state index in [-0.39, 0.29) is 10.8 Å². The van der Waals surface area contributed by atoms with Gasteiger partial charge in [-0.1, -0.05) is 76.6 Å². The van der Waals surface area contributed by atoms with Crippen LogP contribution in [0.4, 0.5) is 0 Å². The zero-order valence-electron chi connectivity index (χ0n) is 20.0. The Hall–Kier alpha value is -1.96. The summed E-state index contributed by atoms with van der Waals surface area (Å²) >= 11 is 0. The molecule has 0 atom stereocenters.